The monoisotopic (exact) mass is 272 g/mol. The lowest BCUT2D eigenvalue weighted by Gasteiger charge is -2.17. The van der Waals surface area contributed by atoms with Crippen LogP contribution in [0.15, 0.2) is 36.7 Å². The van der Waals surface area contributed by atoms with Crippen molar-refractivity contribution in [1.29, 1.82) is 0 Å². The van der Waals surface area contributed by atoms with Crippen molar-refractivity contribution in [2.45, 2.75) is 38.3 Å². The van der Waals surface area contributed by atoms with Crippen LogP contribution in [-0.2, 0) is 13.0 Å². The zero-order valence-electron chi connectivity index (χ0n) is 11.7. The molecule has 0 aliphatic carbocycles. The number of benzene rings is 1. The number of hydrogen-bond acceptors (Lipinski definition) is 3. The molecule has 0 amide bonds. The highest BCUT2D eigenvalue weighted by molar-refractivity contribution is 5.40. The Morgan fingerprint density at radius 2 is 2.30 bits per heavy atom. The minimum atomic E-state index is -0.461. The second-order valence-electron chi connectivity index (χ2n) is 5.26. The van der Waals surface area contributed by atoms with Gasteiger partial charge in [0.05, 0.1) is 12.7 Å². The van der Waals surface area contributed by atoms with Gasteiger partial charge in [-0.3, -0.25) is 0 Å². The molecular formula is C16H20N2O2. The fraction of sp³-hybridized carbons (Fsp3) is 0.438. The van der Waals surface area contributed by atoms with E-state index in [0.29, 0.717) is 13.0 Å². The summed E-state index contributed by atoms with van der Waals surface area (Å²) in [6.45, 7) is 3.63. The van der Waals surface area contributed by atoms with E-state index in [4.69, 9.17) is 4.74 Å². The molecule has 0 fully saturated rings. The summed E-state index contributed by atoms with van der Waals surface area (Å²) in [6, 6.07) is 7.95. The van der Waals surface area contributed by atoms with Crippen molar-refractivity contribution in [3.63, 3.8) is 0 Å². The van der Waals surface area contributed by atoms with Gasteiger partial charge < -0.3 is 14.4 Å². The minimum absolute atomic E-state index is 0.0398. The zero-order chi connectivity index (χ0) is 13.9. The minimum Gasteiger partial charge on any atom is -0.493 e. The molecule has 106 valence electrons. The van der Waals surface area contributed by atoms with Crippen molar-refractivity contribution in [2.75, 3.05) is 6.61 Å². The molecule has 0 saturated carbocycles. The Labute approximate surface area is 119 Å². The molecule has 20 heavy (non-hydrogen) atoms. The first-order valence-corrected chi connectivity index (χ1v) is 7.19. The van der Waals surface area contributed by atoms with Gasteiger partial charge in [-0.15, -0.1) is 0 Å². The van der Waals surface area contributed by atoms with E-state index in [-0.39, 0.29) is 5.92 Å². The van der Waals surface area contributed by atoms with Crippen LogP contribution in [0.3, 0.4) is 0 Å². The Balaban J connectivity index is 1.74. The number of ether oxygens (including phenoxy) is 1. The van der Waals surface area contributed by atoms with E-state index in [0.717, 1.165) is 30.1 Å². The molecule has 1 aromatic heterocycles. The van der Waals surface area contributed by atoms with Gasteiger partial charge in [-0.25, -0.2) is 4.98 Å². The van der Waals surface area contributed by atoms with Crippen molar-refractivity contribution in [3.8, 4) is 5.75 Å². The van der Waals surface area contributed by atoms with Crippen LogP contribution in [0.5, 0.6) is 5.75 Å². The predicted molar refractivity (Wildman–Crippen MR) is 76.9 cm³/mol. The zero-order valence-corrected chi connectivity index (χ0v) is 11.7. The van der Waals surface area contributed by atoms with E-state index in [1.165, 1.54) is 0 Å². The fourth-order valence-corrected chi connectivity index (χ4v) is 2.81. The average molecular weight is 272 g/mol. The Hall–Kier alpha value is -1.81. The average Bonchev–Trinajstić information content (AvgIpc) is 3.06. The van der Waals surface area contributed by atoms with E-state index >= 15 is 0 Å². The van der Waals surface area contributed by atoms with Gasteiger partial charge in [0.25, 0.3) is 0 Å². The van der Waals surface area contributed by atoms with Gasteiger partial charge in [0.2, 0.25) is 0 Å². The molecule has 2 heterocycles. The maximum absolute atomic E-state index is 10.5. The molecule has 3 rings (SSSR count). The quantitative estimate of drug-likeness (QED) is 0.909. The largest absolute Gasteiger partial charge is 0.493 e. The molecule has 1 aliphatic heterocycles. The first kappa shape index (κ1) is 13.2. The molecule has 0 saturated heterocycles. The van der Waals surface area contributed by atoms with Crippen molar-refractivity contribution < 1.29 is 9.84 Å². The molecule has 4 heteroatoms. The van der Waals surface area contributed by atoms with Crippen molar-refractivity contribution in [3.05, 3.63) is 48.0 Å². The smallest absolute Gasteiger partial charge is 0.123 e. The number of rotatable bonds is 5. The number of aryl methyl sites for hydroxylation is 1. The Morgan fingerprint density at radius 1 is 1.45 bits per heavy atom. The van der Waals surface area contributed by atoms with Crippen LogP contribution < -0.4 is 4.74 Å². The molecule has 0 bridgehead atoms. The van der Waals surface area contributed by atoms with E-state index in [1.807, 2.05) is 30.5 Å². The van der Waals surface area contributed by atoms with Crippen LogP contribution in [0.2, 0.25) is 0 Å². The van der Waals surface area contributed by atoms with E-state index < -0.39 is 6.10 Å². The summed E-state index contributed by atoms with van der Waals surface area (Å²) >= 11 is 0. The second-order valence-corrected chi connectivity index (χ2v) is 5.26. The number of aliphatic hydroxyl groups is 1. The van der Waals surface area contributed by atoms with Gasteiger partial charge in [-0.2, -0.15) is 0 Å². The van der Waals surface area contributed by atoms with E-state index in [9.17, 15) is 5.11 Å². The molecule has 2 aromatic rings. The van der Waals surface area contributed by atoms with E-state index in [2.05, 4.69) is 16.5 Å². The van der Waals surface area contributed by atoms with Crippen LogP contribution >= 0.6 is 0 Å². The van der Waals surface area contributed by atoms with Gasteiger partial charge in [0.1, 0.15) is 11.6 Å². The highest BCUT2D eigenvalue weighted by atomic mass is 16.5. The van der Waals surface area contributed by atoms with Gasteiger partial charge in [0.15, 0.2) is 0 Å². The van der Waals surface area contributed by atoms with E-state index in [1.54, 1.807) is 6.20 Å². The van der Waals surface area contributed by atoms with Crippen molar-refractivity contribution >= 4 is 0 Å². The maximum atomic E-state index is 10.5. The number of para-hydroxylation sites is 1. The number of hydrogen-bond donors (Lipinski definition) is 1. The molecule has 1 aromatic carbocycles. The number of nitrogens with zero attached hydrogens (tertiary/aromatic N) is 2. The summed E-state index contributed by atoms with van der Waals surface area (Å²) in [5.74, 6) is 1.88. The van der Waals surface area contributed by atoms with Crippen LogP contribution in [0.1, 0.15) is 30.7 Å². The first-order valence-electron chi connectivity index (χ1n) is 7.19. The lowest BCUT2D eigenvalue weighted by Crippen LogP contribution is -2.24. The normalized spacial score (nSPS) is 18.6. The number of imidazole rings is 1. The molecule has 2 atom stereocenters. The molecule has 2 unspecified atom stereocenters. The van der Waals surface area contributed by atoms with Crippen LogP contribution in [-0.4, -0.2) is 27.4 Å². The highest BCUT2D eigenvalue weighted by Gasteiger charge is 2.30. The molecule has 0 spiro atoms. The highest BCUT2D eigenvalue weighted by Crippen LogP contribution is 2.36. The first-order chi connectivity index (χ1) is 9.79. The third-order valence-electron chi connectivity index (χ3n) is 3.86. The maximum Gasteiger partial charge on any atom is 0.123 e. The molecule has 1 aliphatic rings. The second kappa shape index (κ2) is 5.67. The number of aromatic nitrogens is 2. The van der Waals surface area contributed by atoms with Crippen LogP contribution in [0, 0.1) is 0 Å². The van der Waals surface area contributed by atoms with Crippen molar-refractivity contribution in [2.24, 2.45) is 0 Å². The van der Waals surface area contributed by atoms with Crippen molar-refractivity contribution in [1.82, 2.24) is 9.55 Å². The summed E-state index contributed by atoms with van der Waals surface area (Å²) in [4.78, 5) is 4.36. The predicted octanol–water partition coefficient (Wildman–Crippen LogP) is 2.37. The topological polar surface area (TPSA) is 47.3 Å². The third kappa shape index (κ3) is 2.43. The third-order valence-corrected chi connectivity index (χ3v) is 3.86. The Kier molecular flexibility index (Phi) is 3.74. The molecule has 0 radical (unpaired) electrons. The SMILES string of the molecule is CCCn1ccnc1CC(O)C1COc2ccccc21. The molecule has 4 nitrogen and oxygen atoms in total. The van der Waals surface area contributed by atoms with Gasteiger partial charge in [-0.1, -0.05) is 25.1 Å². The molecule has 1 N–H and O–H groups in total. The van der Waals surface area contributed by atoms with Gasteiger partial charge >= 0.3 is 0 Å². The summed E-state index contributed by atoms with van der Waals surface area (Å²) in [6.07, 6.45) is 4.95. The lowest BCUT2D eigenvalue weighted by atomic mass is 9.93. The molecular weight excluding hydrogens is 252 g/mol. The summed E-state index contributed by atoms with van der Waals surface area (Å²) in [7, 11) is 0. The Bertz CT molecular complexity index is 579. The van der Waals surface area contributed by atoms with Gasteiger partial charge in [-0.05, 0) is 12.5 Å². The van der Waals surface area contributed by atoms with Crippen LogP contribution in [0.4, 0.5) is 0 Å². The standard InChI is InChI=1S/C16H20N2O2/c1-2-8-18-9-7-17-16(18)10-14(19)13-11-20-15-6-4-3-5-12(13)15/h3-7,9,13-14,19H,2,8,10-11H2,1H3. The lowest BCUT2D eigenvalue weighted by molar-refractivity contribution is 0.126. The summed E-state index contributed by atoms with van der Waals surface area (Å²) in [5, 5.41) is 10.5. The summed E-state index contributed by atoms with van der Waals surface area (Å²) < 4.78 is 7.76. The van der Waals surface area contributed by atoms with Crippen LogP contribution in [0.25, 0.3) is 0 Å². The number of aliphatic hydroxyl groups excluding tert-OH is 1. The Morgan fingerprint density at radius 3 is 3.15 bits per heavy atom. The number of fused-ring (bicyclic) bond motifs is 1. The van der Waals surface area contributed by atoms with Gasteiger partial charge in [0, 0.05) is 36.8 Å². The summed E-state index contributed by atoms with van der Waals surface area (Å²) in [5.41, 5.74) is 1.11. The fourth-order valence-electron chi connectivity index (χ4n) is 2.81.